The molecule has 2 aliphatic rings. The number of hydrogen-bond acceptors (Lipinski definition) is 3. The van der Waals surface area contributed by atoms with Crippen LogP contribution in [0.15, 0.2) is 4.99 Å². The Hall–Kier alpha value is -0.220. The lowest BCUT2D eigenvalue weighted by atomic mass is 10.1. The molecule has 1 N–H and O–H groups in total. The Morgan fingerprint density at radius 2 is 2.12 bits per heavy atom. The molecule has 2 fully saturated rings. The van der Waals surface area contributed by atoms with Crippen LogP contribution in [0.3, 0.4) is 0 Å². The molecule has 0 spiro atoms. The molecule has 0 aromatic rings. The van der Waals surface area contributed by atoms with Crippen molar-refractivity contribution in [3.8, 4) is 0 Å². The molecule has 0 aromatic heterocycles. The summed E-state index contributed by atoms with van der Waals surface area (Å²) in [5.41, 5.74) is 0. The smallest absolute Gasteiger partial charge is 0.156 e. The Labute approximate surface area is 109 Å². The highest BCUT2D eigenvalue weighted by molar-refractivity contribution is 8.14. The molecule has 0 saturated carbocycles. The standard InChI is InChI=1S/C13H25N3S/c1-11(2)12-10-17-13(15-12)14-6-9-16-7-4-3-5-8-16/h11-12H,3-10H2,1-2H3,(H,14,15). The number of amidine groups is 1. The molecule has 1 unspecified atom stereocenters. The summed E-state index contributed by atoms with van der Waals surface area (Å²) < 4.78 is 0. The summed E-state index contributed by atoms with van der Waals surface area (Å²) in [5.74, 6) is 1.89. The van der Waals surface area contributed by atoms with Crippen molar-refractivity contribution in [3.05, 3.63) is 0 Å². The fraction of sp³-hybridized carbons (Fsp3) is 0.923. The first kappa shape index (κ1) is 13.2. The number of piperidine rings is 1. The summed E-state index contributed by atoms with van der Waals surface area (Å²) in [4.78, 5) is 7.23. The van der Waals surface area contributed by atoms with Crippen molar-refractivity contribution in [2.45, 2.75) is 39.2 Å². The zero-order valence-corrected chi connectivity index (χ0v) is 11.9. The van der Waals surface area contributed by atoms with E-state index in [1.807, 2.05) is 11.8 Å². The van der Waals surface area contributed by atoms with Gasteiger partial charge in [0.1, 0.15) is 0 Å². The molecule has 2 heterocycles. The number of rotatable bonds is 4. The molecule has 0 aromatic carbocycles. The van der Waals surface area contributed by atoms with E-state index in [1.165, 1.54) is 43.3 Å². The van der Waals surface area contributed by atoms with E-state index in [4.69, 9.17) is 0 Å². The van der Waals surface area contributed by atoms with Crippen LogP contribution in [0.2, 0.25) is 0 Å². The third-order valence-corrected chi connectivity index (χ3v) is 4.68. The second kappa shape index (κ2) is 6.64. The number of hydrogen-bond donors (Lipinski definition) is 1. The second-order valence-electron chi connectivity index (χ2n) is 5.40. The molecule has 2 rings (SSSR count). The van der Waals surface area contributed by atoms with Crippen molar-refractivity contribution in [2.24, 2.45) is 10.9 Å². The monoisotopic (exact) mass is 255 g/mol. The Balaban J connectivity index is 1.67. The predicted molar refractivity (Wildman–Crippen MR) is 76.8 cm³/mol. The first-order valence-corrected chi connectivity index (χ1v) is 7.90. The molecule has 0 bridgehead atoms. The quantitative estimate of drug-likeness (QED) is 0.834. The lowest BCUT2D eigenvalue weighted by Gasteiger charge is -2.25. The van der Waals surface area contributed by atoms with Gasteiger partial charge in [-0.15, -0.1) is 0 Å². The number of nitrogens with zero attached hydrogens (tertiary/aromatic N) is 2. The van der Waals surface area contributed by atoms with Crippen molar-refractivity contribution in [2.75, 3.05) is 31.9 Å². The fourth-order valence-electron chi connectivity index (χ4n) is 2.34. The van der Waals surface area contributed by atoms with Gasteiger partial charge < -0.3 is 10.2 Å². The first-order chi connectivity index (χ1) is 8.25. The molecule has 4 heteroatoms. The number of aliphatic imine (C=N–C) groups is 1. The largest absolute Gasteiger partial charge is 0.361 e. The number of thioether (sulfide) groups is 1. The van der Waals surface area contributed by atoms with Gasteiger partial charge in [-0.3, -0.25) is 4.99 Å². The average molecular weight is 255 g/mol. The van der Waals surface area contributed by atoms with Crippen LogP contribution >= 0.6 is 11.8 Å². The van der Waals surface area contributed by atoms with Crippen LogP contribution in [0.1, 0.15) is 33.1 Å². The van der Waals surface area contributed by atoms with Crippen LogP contribution in [0.4, 0.5) is 0 Å². The maximum Gasteiger partial charge on any atom is 0.156 e. The van der Waals surface area contributed by atoms with E-state index in [0.717, 1.165) is 13.1 Å². The van der Waals surface area contributed by atoms with Crippen LogP contribution < -0.4 is 5.32 Å². The van der Waals surface area contributed by atoms with Gasteiger partial charge in [-0.05, 0) is 31.8 Å². The van der Waals surface area contributed by atoms with E-state index < -0.39 is 0 Å². The molecule has 0 amide bonds. The van der Waals surface area contributed by atoms with Gasteiger partial charge in [0.2, 0.25) is 0 Å². The van der Waals surface area contributed by atoms with Crippen molar-refractivity contribution < 1.29 is 0 Å². The minimum Gasteiger partial charge on any atom is -0.361 e. The summed E-state index contributed by atoms with van der Waals surface area (Å²) in [5, 5.41) is 4.69. The summed E-state index contributed by atoms with van der Waals surface area (Å²) in [6, 6.07) is 0.619. The van der Waals surface area contributed by atoms with E-state index in [2.05, 4.69) is 29.1 Å². The minimum absolute atomic E-state index is 0.619. The van der Waals surface area contributed by atoms with Crippen LogP contribution in [0.5, 0.6) is 0 Å². The van der Waals surface area contributed by atoms with E-state index >= 15 is 0 Å². The molecule has 98 valence electrons. The van der Waals surface area contributed by atoms with Crippen molar-refractivity contribution in [1.29, 1.82) is 0 Å². The van der Waals surface area contributed by atoms with Gasteiger partial charge in [0.15, 0.2) is 5.17 Å². The highest BCUT2D eigenvalue weighted by atomic mass is 32.2. The van der Waals surface area contributed by atoms with Crippen molar-refractivity contribution in [1.82, 2.24) is 10.2 Å². The average Bonchev–Trinajstić information content (AvgIpc) is 2.79. The second-order valence-corrected chi connectivity index (χ2v) is 6.40. The predicted octanol–water partition coefficient (Wildman–Crippen LogP) is 2.19. The third kappa shape index (κ3) is 4.18. The van der Waals surface area contributed by atoms with Gasteiger partial charge in [-0.25, -0.2) is 0 Å². The van der Waals surface area contributed by atoms with Gasteiger partial charge in [0.05, 0.1) is 6.54 Å². The Morgan fingerprint density at radius 1 is 1.35 bits per heavy atom. The van der Waals surface area contributed by atoms with Crippen molar-refractivity contribution >= 4 is 16.9 Å². The van der Waals surface area contributed by atoms with Gasteiger partial charge in [0.25, 0.3) is 0 Å². The molecule has 0 radical (unpaired) electrons. The lowest BCUT2D eigenvalue weighted by molar-refractivity contribution is 0.235. The van der Waals surface area contributed by atoms with E-state index in [9.17, 15) is 0 Å². The van der Waals surface area contributed by atoms with Gasteiger partial charge in [-0.1, -0.05) is 32.0 Å². The molecule has 17 heavy (non-hydrogen) atoms. The van der Waals surface area contributed by atoms with Crippen molar-refractivity contribution in [3.63, 3.8) is 0 Å². The SMILES string of the molecule is CC(C)C1CSC(=NCCN2CCCCC2)N1. The third-order valence-electron chi connectivity index (χ3n) is 3.63. The van der Waals surface area contributed by atoms with Gasteiger partial charge in [-0.2, -0.15) is 0 Å². The van der Waals surface area contributed by atoms with E-state index in [0.29, 0.717) is 12.0 Å². The fourth-order valence-corrected chi connectivity index (χ4v) is 3.56. The Kier molecular flexibility index (Phi) is 5.16. The maximum atomic E-state index is 4.68. The summed E-state index contributed by atoms with van der Waals surface area (Å²) in [6.45, 7) is 9.20. The Morgan fingerprint density at radius 3 is 2.76 bits per heavy atom. The summed E-state index contributed by atoms with van der Waals surface area (Å²) in [7, 11) is 0. The topological polar surface area (TPSA) is 27.6 Å². The molecule has 2 saturated heterocycles. The van der Waals surface area contributed by atoms with E-state index in [-0.39, 0.29) is 0 Å². The maximum absolute atomic E-state index is 4.68. The van der Waals surface area contributed by atoms with Crippen LogP contribution in [0.25, 0.3) is 0 Å². The number of nitrogens with one attached hydrogen (secondary N) is 1. The molecule has 1 atom stereocenters. The van der Waals surface area contributed by atoms with E-state index in [1.54, 1.807) is 0 Å². The van der Waals surface area contributed by atoms with Gasteiger partial charge >= 0.3 is 0 Å². The zero-order valence-electron chi connectivity index (χ0n) is 11.1. The van der Waals surface area contributed by atoms with Crippen LogP contribution in [0, 0.1) is 5.92 Å². The Bertz CT molecular complexity index is 259. The molecule has 0 aliphatic carbocycles. The minimum atomic E-state index is 0.619. The molecular formula is C13H25N3S. The number of likely N-dealkylation sites (tertiary alicyclic amines) is 1. The normalized spacial score (nSPS) is 28.9. The van der Waals surface area contributed by atoms with Gasteiger partial charge in [0, 0.05) is 18.3 Å². The lowest BCUT2D eigenvalue weighted by Crippen LogP contribution is -2.33. The first-order valence-electron chi connectivity index (χ1n) is 6.92. The molecular weight excluding hydrogens is 230 g/mol. The van der Waals surface area contributed by atoms with Crippen LogP contribution in [-0.4, -0.2) is 48.0 Å². The zero-order chi connectivity index (χ0) is 12.1. The molecule has 3 nitrogen and oxygen atoms in total. The molecule has 2 aliphatic heterocycles. The summed E-state index contributed by atoms with van der Waals surface area (Å²) >= 11 is 1.89. The summed E-state index contributed by atoms with van der Waals surface area (Å²) in [6.07, 6.45) is 4.16. The highest BCUT2D eigenvalue weighted by Crippen LogP contribution is 2.18. The van der Waals surface area contributed by atoms with Crippen LogP contribution in [-0.2, 0) is 0 Å². The highest BCUT2D eigenvalue weighted by Gasteiger charge is 2.22.